The van der Waals surface area contributed by atoms with Gasteiger partial charge < -0.3 is 10.4 Å². The maximum absolute atomic E-state index is 10.0. The van der Waals surface area contributed by atoms with Gasteiger partial charge in [0.05, 0.1) is 5.41 Å². The van der Waals surface area contributed by atoms with E-state index < -0.39 is 11.4 Å². The van der Waals surface area contributed by atoms with Crippen molar-refractivity contribution in [2.45, 2.75) is 27.2 Å². The van der Waals surface area contributed by atoms with E-state index in [1.807, 2.05) is 0 Å². The van der Waals surface area contributed by atoms with Crippen molar-refractivity contribution in [2.24, 2.45) is 5.41 Å². The van der Waals surface area contributed by atoms with Crippen molar-refractivity contribution >= 4 is 26.1 Å². The van der Waals surface area contributed by atoms with Gasteiger partial charge in [0.15, 0.2) is 0 Å². The molecule has 1 unspecified atom stereocenters. The third kappa shape index (κ3) is 5.85. The highest BCUT2D eigenvalue weighted by molar-refractivity contribution is 7.27. The van der Waals surface area contributed by atoms with Crippen molar-refractivity contribution in [1.82, 2.24) is 5.32 Å². The van der Waals surface area contributed by atoms with E-state index in [2.05, 4.69) is 44.9 Å². The number of carboxylic acid groups (broad SMARTS) is 1. The maximum Gasteiger partial charge on any atom is 0.308 e. The molecule has 3 nitrogen and oxygen atoms in total. The van der Waals surface area contributed by atoms with Crippen LogP contribution in [0.25, 0.3) is 5.57 Å². The number of carbonyl (C=O) groups is 1. The van der Waals surface area contributed by atoms with Crippen LogP contribution in [0.2, 0.25) is 0 Å². The number of hydrogen-bond acceptors (Lipinski definition) is 2. The molecular formula is C16H24NO2P. The molecule has 2 N–H and O–H groups in total. The zero-order chi connectivity index (χ0) is 15.2. The number of benzene rings is 1. The lowest BCUT2D eigenvalue weighted by molar-refractivity contribution is -0.145. The quantitative estimate of drug-likeness (QED) is 0.783. The number of hydrogen-bond donors (Lipinski definition) is 2. The van der Waals surface area contributed by atoms with E-state index >= 15 is 0 Å². The topological polar surface area (TPSA) is 49.3 Å². The summed E-state index contributed by atoms with van der Waals surface area (Å²) in [5.41, 5.74) is 2.26. The Balaban J connectivity index is 0.000000246. The average Bonchev–Trinajstić information content (AvgIpc) is 2.40. The van der Waals surface area contributed by atoms with Crippen LogP contribution in [0.15, 0.2) is 30.3 Å². The molecule has 0 saturated heterocycles. The summed E-state index contributed by atoms with van der Waals surface area (Å²) in [7, 11) is 2.71. The van der Waals surface area contributed by atoms with Crippen molar-refractivity contribution in [1.29, 1.82) is 0 Å². The summed E-state index contributed by atoms with van der Waals surface area (Å²) < 4.78 is 0. The summed E-state index contributed by atoms with van der Waals surface area (Å²) in [4.78, 5) is 10.0. The predicted molar refractivity (Wildman–Crippen MR) is 88.3 cm³/mol. The molecule has 1 aliphatic heterocycles. The van der Waals surface area contributed by atoms with Gasteiger partial charge in [0.25, 0.3) is 0 Å². The molecule has 0 radical (unpaired) electrons. The van der Waals surface area contributed by atoms with Crippen LogP contribution >= 0.6 is 9.24 Å². The molecule has 0 aliphatic carbocycles. The normalized spacial score (nSPS) is 14.9. The molecule has 110 valence electrons. The third-order valence-corrected chi connectivity index (χ3v) is 3.37. The first-order valence-corrected chi connectivity index (χ1v) is 7.37. The highest BCUT2D eigenvalue weighted by atomic mass is 31.0. The fourth-order valence-corrected chi connectivity index (χ4v) is 1.77. The summed E-state index contributed by atoms with van der Waals surface area (Å²) >= 11 is 0. The van der Waals surface area contributed by atoms with E-state index in [1.165, 1.54) is 16.4 Å². The number of nitrogens with one attached hydrogen (secondary N) is 1. The second kappa shape index (κ2) is 7.56. The Morgan fingerprint density at radius 1 is 1.25 bits per heavy atom. The first-order valence-electron chi connectivity index (χ1n) is 6.80. The minimum Gasteiger partial charge on any atom is -0.481 e. The summed E-state index contributed by atoms with van der Waals surface area (Å²) in [5.74, 6) is -0.757. The van der Waals surface area contributed by atoms with Crippen LogP contribution in [0.5, 0.6) is 0 Å². The van der Waals surface area contributed by atoms with Gasteiger partial charge in [-0.2, -0.15) is 0 Å². The Bertz CT molecular complexity index is 472. The number of carboxylic acids is 1. The van der Waals surface area contributed by atoms with Crippen LogP contribution in [0, 0.1) is 5.41 Å². The first kappa shape index (κ1) is 16.9. The Hall–Kier alpha value is -1.18. The smallest absolute Gasteiger partial charge is 0.308 e. The molecule has 0 bridgehead atoms. The largest absolute Gasteiger partial charge is 0.481 e. The Labute approximate surface area is 123 Å². The highest BCUT2D eigenvalue weighted by Gasteiger charge is 2.18. The monoisotopic (exact) mass is 293 g/mol. The second-order valence-corrected chi connectivity index (χ2v) is 6.53. The zero-order valence-corrected chi connectivity index (χ0v) is 13.6. The molecule has 1 atom stereocenters. The maximum atomic E-state index is 10.0. The van der Waals surface area contributed by atoms with Gasteiger partial charge in [-0.25, -0.2) is 0 Å². The van der Waals surface area contributed by atoms with Gasteiger partial charge in [0.2, 0.25) is 0 Å². The molecule has 4 heteroatoms. The van der Waals surface area contributed by atoms with E-state index in [9.17, 15) is 4.79 Å². The van der Waals surface area contributed by atoms with Crippen molar-refractivity contribution in [3.63, 3.8) is 0 Å². The van der Waals surface area contributed by atoms with Crippen LogP contribution in [0.3, 0.4) is 0 Å². The van der Waals surface area contributed by atoms with Gasteiger partial charge in [-0.3, -0.25) is 4.79 Å². The SMILES string of the molecule is CC(C)(C)C(=O)O.Pc1ccc(C2=CCNCC2)cc1. The molecular weight excluding hydrogens is 269 g/mol. The van der Waals surface area contributed by atoms with Crippen LogP contribution in [-0.4, -0.2) is 24.2 Å². The highest BCUT2D eigenvalue weighted by Crippen LogP contribution is 2.18. The molecule has 0 fully saturated rings. The predicted octanol–water partition coefficient (Wildman–Crippen LogP) is 2.68. The minimum atomic E-state index is -0.757. The van der Waals surface area contributed by atoms with Crippen LogP contribution in [0.1, 0.15) is 32.8 Å². The van der Waals surface area contributed by atoms with Gasteiger partial charge in [-0.05, 0) is 50.2 Å². The van der Waals surface area contributed by atoms with Gasteiger partial charge in [-0.15, -0.1) is 9.24 Å². The Morgan fingerprint density at radius 3 is 2.20 bits per heavy atom. The summed E-state index contributed by atoms with van der Waals surface area (Å²) in [6.07, 6.45) is 3.43. The molecule has 0 saturated carbocycles. The zero-order valence-electron chi connectivity index (χ0n) is 12.4. The number of aliphatic carboxylic acids is 1. The number of rotatable bonds is 1. The molecule has 1 aliphatic rings. The Morgan fingerprint density at radius 2 is 1.80 bits per heavy atom. The van der Waals surface area contributed by atoms with Crippen LogP contribution in [0.4, 0.5) is 0 Å². The third-order valence-electron chi connectivity index (χ3n) is 2.99. The minimum absolute atomic E-state index is 0.583. The van der Waals surface area contributed by atoms with Gasteiger partial charge in [-0.1, -0.05) is 30.3 Å². The molecule has 1 aromatic carbocycles. The van der Waals surface area contributed by atoms with E-state index in [-0.39, 0.29) is 0 Å². The Kier molecular flexibility index (Phi) is 6.38. The lowest BCUT2D eigenvalue weighted by Crippen LogP contribution is -2.20. The standard InChI is InChI=1S/C11H14NP.C5H10O2/c13-11-3-1-9(2-4-11)10-5-7-12-8-6-10;1-5(2,3)4(6)7/h1-5,12H,6-8,13H2;1-3H3,(H,6,7). The van der Waals surface area contributed by atoms with E-state index in [0.29, 0.717) is 0 Å². The molecule has 1 heterocycles. The van der Waals surface area contributed by atoms with E-state index in [1.54, 1.807) is 20.8 Å². The van der Waals surface area contributed by atoms with Crippen molar-refractivity contribution < 1.29 is 9.90 Å². The lowest BCUT2D eigenvalue weighted by atomic mass is 9.98. The lowest BCUT2D eigenvalue weighted by Gasteiger charge is -2.14. The van der Waals surface area contributed by atoms with Gasteiger partial charge in [0.1, 0.15) is 0 Å². The molecule has 0 aromatic heterocycles. The van der Waals surface area contributed by atoms with Crippen molar-refractivity contribution in [3.05, 3.63) is 35.9 Å². The molecule has 20 heavy (non-hydrogen) atoms. The second-order valence-electron chi connectivity index (χ2n) is 5.86. The van der Waals surface area contributed by atoms with E-state index in [4.69, 9.17) is 5.11 Å². The summed E-state index contributed by atoms with van der Waals surface area (Å²) in [6, 6.07) is 8.67. The fraction of sp³-hybridized carbons (Fsp3) is 0.438. The molecule has 0 amide bonds. The van der Waals surface area contributed by atoms with Gasteiger partial charge >= 0.3 is 5.97 Å². The van der Waals surface area contributed by atoms with Crippen LogP contribution < -0.4 is 10.6 Å². The molecule has 1 aromatic rings. The van der Waals surface area contributed by atoms with Crippen molar-refractivity contribution in [3.8, 4) is 0 Å². The summed E-state index contributed by atoms with van der Waals surface area (Å²) in [6.45, 7) is 7.10. The van der Waals surface area contributed by atoms with Crippen LogP contribution in [-0.2, 0) is 4.79 Å². The average molecular weight is 293 g/mol. The van der Waals surface area contributed by atoms with Crippen molar-refractivity contribution in [2.75, 3.05) is 13.1 Å². The van der Waals surface area contributed by atoms with Gasteiger partial charge in [0, 0.05) is 6.54 Å². The first-order chi connectivity index (χ1) is 9.30. The molecule has 2 rings (SSSR count). The van der Waals surface area contributed by atoms with E-state index in [0.717, 1.165) is 19.5 Å². The fourth-order valence-electron chi connectivity index (χ4n) is 1.58. The molecule has 0 spiro atoms. The summed E-state index contributed by atoms with van der Waals surface area (Å²) in [5, 5.41) is 12.8.